The number of benzene rings is 2. The van der Waals surface area contributed by atoms with Crippen LogP contribution in [0.25, 0.3) is 21.3 Å². The molecule has 0 aliphatic heterocycles. The Kier molecular flexibility index (Phi) is 4.70. The number of aryl methyl sites for hydroxylation is 1. The van der Waals surface area contributed by atoms with Crippen molar-refractivity contribution < 1.29 is 4.79 Å². The molecule has 0 saturated heterocycles. The van der Waals surface area contributed by atoms with E-state index in [1.165, 1.54) is 0 Å². The van der Waals surface area contributed by atoms with Crippen molar-refractivity contribution in [2.75, 3.05) is 12.4 Å². The zero-order valence-electron chi connectivity index (χ0n) is 15.0. The fraction of sp³-hybridized carbons (Fsp3) is 0.150. The first-order valence-corrected chi connectivity index (χ1v) is 9.40. The SMILES string of the molecule is CNC(C(=O)Nc1ccc(-c2cn[nH]c2)cc1)c1ccc2nc(C)sc2c1. The first-order chi connectivity index (χ1) is 13.1. The summed E-state index contributed by atoms with van der Waals surface area (Å²) in [6.45, 7) is 1.99. The molecule has 0 aliphatic rings. The number of fused-ring (bicyclic) bond motifs is 1. The number of aromatic amines is 1. The number of thiazole rings is 1. The molecule has 0 bridgehead atoms. The lowest BCUT2D eigenvalue weighted by atomic mass is 10.1. The topological polar surface area (TPSA) is 82.7 Å². The molecule has 4 rings (SSSR count). The molecule has 0 spiro atoms. The number of H-pyrrole nitrogens is 1. The van der Waals surface area contributed by atoms with Crippen LogP contribution in [-0.4, -0.2) is 28.1 Å². The molecule has 0 radical (unpaired) electrons. The van der Waals surface area contributed by atoms with Gasteiger partial charge in [-0.3, -0.25) is 9.89 Å². The number of likely N-dealkylation sites (N-methyl/N-ethyl adjacent to an activating group) is 1. The zero-order chi connectivity index (χ0) is 18.8. The molecule has 6 nitrogen and oxygen atoms in total. The van der Waals surface area contributed by atoms with Crippen molar-refractivity contribution in [3.05, 3.63) is 65.4 Å². The molecule has 1 unspecified atom stereocenters. The molecule has 1 atom stereocenters. The first-order valence-electron chi connectivity index (χ1n) is 8.58. The summed E-state index contributed by atoms with van der Waals surface area (Å²) in [5, 5.41) is 13.9. The Labute approximate surface area is 160 Å². The van der Waals surface area contributed by atoms with Crippen LogP contribution >= 0.6 is 11.3 Å². The van der Waals surface area contributed by atoms with Crippen LogP contribution in [0.1, 0.15) is 16.6 Å². The smallest absolute Gasteiger partial charge is 0.246 e. The molecule has 136 valence electrons. The van der Waals surface area contributed by atoms with Crippen molar-refractivity contribution in [1.82, 2.24) is 20.5 Å². The van der Waals surface area contributed by atoms with E-state index in [0.717, 1.165) is 37.6 Å². The molecule has 27 heavy (non-hydrogen) atoms. The van der Waals surface area contributed by atoms with E-state index in [9.17, 15) is 4.79 Å². The minimum Gasteiger partial charge on any atom is -0.324 e. The summed E-state index contributed by atoms with van der Waals surface area (Å²) in [6, 6.07) is 13.2. The second-order valence-electron chi connectivity index (χ2n) is 6.24. The number of nitrogens with zero attached hydrogens (tertiary/aromatic N) is 2. The van der Waals surface area contributed by atoms with Gasteiger partial charge in [0.2, 0.25) is 5.91 Å². The molecule has 4 aromatic rings. The maximum atomic E-state index is 12.8. The average molecular weight is 377 g/mol. The van der Waals surface area contributed by atoms with E-state index >= 15 is 0 Å². The van der Waals surface area contributed by atoms with Crippen molar-refractivity contribution in [1.29, 1.82) is 0 Å². The summed E-state index contributed by atoms with van der Waals surface area (Å²) in [5.74, 6) is -0.103. The Hall–Kier alpha value is -3.03. The van der Waals surface area contributed by atoms with Gasteiger partial charge in [0.25, 0.3) is 0 Å². The first kappa shape index (κ1) is 17.4. The van der Waals surface area contributed by atoms with Crippen molar-refractivity contribution in [2.24, 2.45) is 0 Å². The molecular formula is C20H19N5OS. The Morgan fingerprint density at radius 3 is 2.67 bits per heavy atom. The van der Waals surface area contributed by atoms with E-state index in [1.54, 1.807) is 24.6 Å². The molecule has 2 heterocycles. The highest BCUT2D eigenvalue weighted by Gasteiger charge is 2.19. The summed E-state index contributed by atoms with van der Waals surface area (Å²) in [5.41, 5.74) is 4.68. The average Bonchev–Trinajstić information content (AvgIpc) is 3.31. The van der Waals surface area contributed by atoms with Gasteiger partial charge in [0.05, 0.1) is 21.4 Å². The Morgan fingerprint density at radius 2 is 1.96 bits per heavy atom. The lowest BCUT2D eigenvalue weighted by Gasteiger charge is -2.16. The Morgan fingerprint density at radius 1 is 1.15 bits per heavy atom. The van der Waals surface area contributed by atoms with Crippen molar-refractivity contribution in [2.45, 2.75) is 13.0 Å². The van der Waals surface area contributed by atoms with Crippen LogP contribution in [0.15, 0.2) is 54.9 Å². The highest BCUT2D eigenvalue weighted by molar-refractivity contribution is 7.18. The van der Waals surface area contributed by atoms with Crippen LogP contribution in [0.4, 0.5) is 5.69 Å². The zero-order valence-corrected chi connectivity index (χ0v) is 15.8. The largest absolute Gasteiger partial charge is 0.324 e. The third-order valence-corrected chi connectivity index (χ3v) is 5.32. The highest BCUT2D eigenvalue weighted by atomic mass is 32.1. The summed E-state index contributed by atoms with van der Waals surface area (Å²) >= 11 is 1.63. The summed E-state index contributed by atoms with van der Waals surface area (Å²) in [6.07, 6.45) is 3.60. The Bertz CT molecular complexity index is 1070. The Balaban J connectivity index is 1.52. The molecule has 0 saturated carbocycles. The number of hydrogen-bond acceptors (Lipinski definition) is 5. The van der Waals surface area contributed by atoms with Gasteiger partial charge in [0.1, 0.15) is 6.04 Å². The summed E-state index contributed by atoms with van der Waals surface area (Å²) in [4.78, 5) is 17.3. The monoisotopic (exact) mass is 377 g/mol. The highest BCUT2D eigenvalue weighted by Crippen LogP contribution is 2.26. The molecule has 1 amide bonds. The number of hydrogen-bond donors (Lipinski definition) is 3. The number of aromatic nitrogens is 3. The van der Waals surface area contributed by atoms with E-state index in [2.05, 4.69) is 25.8 Å². The van der Waals surface area contributed by atoms with E-state index in [0.29, 0.717) is 0 Å². The third-order valence-electron chi connectivity index (χ3n) is 4.39. The molecular weight excluding hydrogens is 358 g/mol. The maximum absolute atomic E-state index is 12.8. The summed E-state index contributed by atoms with van der Waals surface area (Å²) < 4.78 is 1.09. The predicted octanol–water partition coefficient (Wildman–Crippen LogP) is 3.89. The number of carbonyl (C=O) groups is 1. The van der Waals surface area contributed by atoms with Crippen LogP contribution < -0.4 is 10.6 Å². The van der Waals surface area contributed by atoms with Crippen LogP contribution in [-0.2, 0) is 4.79 Å². The number of carbonyl (C=O) groups excluding carboxylic acids is 1. The lowest BCUT2D eigenvalue weighted by Crippen LogP contribution is -2.30. The van der Waals surface area contributed by atoms with Gasteiger partial charge in [-0.15, -0.1) is 11.3 Å². The van der Waals surface area contributed by atoms with Crippen molar-refractivity contribution >= 4 is 33.1 Å². The standard InChI is InChI=1S/C20H19N5OS/c1-12-24-17-8-5-14(9-18(17)27-12)19(21-2)20(26)25-16-6-3-13(4-7-16)15-10-22-23-11-15/h3-11,19,21H,1-2H3,(H,22,23)(H,25,26). The van der Waals surface area contributed by atoms with Gasteiger partial charge in [-0.25, -0.2) is 4.98 Å². The van der Waals surface area contributed by atoms with Gasteiger partial charge in [-0.05, 0) is 49.4 Å². The van der Waals surface area contributed by atoms with Crippen LogP contribution in [0.2, 0.25) is 0 Å². The van der Waals surface area contributed by atoms with Gasteiger partial charge in [-0.1, -0.05) is 18.2 Å². The van der Waals surface area contributed by atoms with Gasteiger partial charge in [0.15, 0.2) is 0 Å². The van der Waals surface area contributed by atoms with E-state index in [1.807, 2.05) is 55.6 Å². The van der Waals surface area contributed by atoms with Crippen LogP contribution in [0.5, 0.6) is 0 Å². The molecule has 7 heteroatoms. The lowest BCUT2D eigenvalue weighted by molar-refractivity contribution is -0.118. The molecule has 0 aliphatic carbocycles. The minimum atomic E-state index is -0.439. The van der Waals surface area contributed by atoms with Gasteiger partial charge in [0, 0.05) is 17.4 Å². The van der Waals surface area contributed by atoms with E-state index < -0.39 is 6.04 Å². The number of anilines is 1. The number of rotatable bonds is 5. The van der Waals surface area contributed by atoms with Gasteiger partial charge >= 0.3 is 0 Å². The summed E-state index contributed by atoms with van der Waals surface area (Å²) in [7, 11) is 1.79. The van der Waals surface area contributed by atoms with E-state index in [4.69, 9.17) is 0 Å². The maximum Gasteiger partial charge on any atom is 0.246 e. The molecule has 0 fully saturated rings. The normalized spacial score (nSPS) is 12.2. The third kappa shape index (κ3) is 3.60. The van der Waals surface area contributed by atoms with Crippen LogP contribution in [0, 0.1) is 6.92 Å². The van der Waals surface area contributed by atoms with E-state index in [-0.39, 0.29) is 5.91 Å². The fourth-order valence-electron chi connectivity index (χ4n) is 3.05. The van der Waals surface area contributed by atoms with Gasteiger partial charge < -0.3 is 10.6 Å². The molecule has 3 N–H and O–H groups in total. The predicted molar refractivity (Wildman–Crippen MR) is 109 cm³/mol. The second kappa shape index (κ2) is 7.30. The van der Waals surface area contributed by atoms with Crippen molar-refractivity contribution in [3.63, 3.8) is 0 Å². The minimum absolute atomic E-state index is 0.103. The second-order valence-corrected chi connectivity index (χ2v) is 7.47. The number of amides is 1. The molecule has 2 aromatic carbocycles. The quantitative estimate of drug-likeness (QED) is 0.493. The van der Waals surface area contributed by atoms with Gasteiger partial charge in [-0.2, -0.15) is 5.10 Å². The number of nitrogens with one attached hydrogen (secondary N) is 3. The molecule has 2 aromatic heterocycles. The van der Waals surface area contributed by atoms with Crippen LogP contribution in [0.3, 0.4) is 0 Å². The fourth-order valence-corrected chi connectivity index (χ4v) is 3.93. The van der Waals surface area contributed by atoms with Crippen molar-refractivity contribution in [3.8, 4) is 11.1 Å².